The van der Waals surface area contributed by atoms with Crippen LogP contribution in [-0.2, 0) is 0 Å². The molecule has 1 aliphatic carbocycles. The molecule has 152 valence electrons. The number of aliphatic hydroxyl groups is 1. The van der Waals surface area contributed by atoms with Crippen LogP contribution in [0.4, 0.5) is 10.2 Å². The topological polar surface area (TPSA) is 69.4 Å². The van der Waals surface area contributed by atoms with E-state index in [1.165, 1.54) is 18.2 Å². The van der Waals surface area contributed by atoms with Crippen molar-refractivity contribution in [3.05, 3.63) is 51.9 Å². The first-order valence-electron chi connectivity index (χ1n) is 9.78. The number of pyridine rings is 1. The third-order valence-electron chi connectivity index (χ3n) is 6.08. The van der Waals surface area contributed by atoms with Gasteiger partial charge < -0.3 is 14.7 Å². The predicted octanol–water partition coefficient (Wildman–Crippen LogP) is 4.02. The molecule has 0 bridgehead atoms. The normalized spacial score (nSPS) is 26.1. The minimum Gasteiger partial charge on any atom is -0.486 e. The van der Waals surface area contributed by atoms with Crippen LogP contribution in [0.1, 0.15) is 29.7 Å². The Morgan fingerprint density at radius 1 is 1.24 bits per heavy atom. The van der Waals surface area contributed by atoms with Crippen LogP contribution in [0.15, 0.2) is 24.3 Å². The Kier molecular flexibility index (Phi) is 5.37. The summed E-state index contributed by atoms with van der Waals surface area (Å²) in [7, 11) is 0. The summed E-state index contributed by atoms with van der Waals surface area (Å²) in [6, 6.07) is 8.20. The first-order valence-corrected chi connectivity index (χ1v) is 10.2. The second kappa shape index (κ2) is 7.81. The summed E-state index contributed by atoms with van der Waals surface area (Å²) in [5.74, 6) is 1.57. The van der Waals surface area contributed by atoms with Gasteiger partial charge in [-0.15, -0.1) is 0 Å². The van der Waals surface area contributed by atoms with Crippen LogP contribution in [0.2, 0.25) is 5.02 Å². The number of halogens is 2. The summed E-state index contributed by atoms with van der Waals surface area (Å²) >= 11 is 6.08. The van der Waals surface area contributed by atoms with Gasteiger partial charge in [0.25, 0.3) is 0 Å². The lowest BCUT2D eigenvalue weighted by Crippen LogP contribution is -2.42. The third-order valence-corrected chi connectivity index (χ3v) is 6.37. The second-order valence-corrected chi connectivity index (χ2v) is 8.47. The van der Waals surface area contributed by atoms with Crippen molar-refractivity contribution in [3.8, 4) is 11.8 Å². The number of anilines is 1. The zero-order valence-corrected chi connectivity index (χ0v) is 17.2. The molecular formula is C22H23ClFN3O2. The number of nitrogens with zero attached hydrogens (tertiary/aromatic N) is 3. The molecule has 0 radical (unpaired) electrons. The van der Waals surface area contributed by atoms with Crippen molar-refractivity contribution in [2.24, 2.45) is 11.8 Å². The molecule has 7 heteroatoms. The van der Waals surface area contributed by atoms with E-state index in [2.05, 4.69) is 16.0 Å². The maximum Gasteiger partial charge on any atom is 0.138 e. The Bertz CT molecular complexity index is 954. The highest BCUT2D eigenvalue weighted by molar-refractivity contribution is 6.32. The first-order chi connectivity index (χ1) is 13.9. The molecule has 0 amide bonds. The summed E-state index contributed by atoms with van der Waals surface area (Å²) in [6.45, 7) is 5.44. The summed E-state index contributed by atoms with van der Waals surface area (Å²) in [5, 5.41) is 20.1. The van der Waals surface area contributed by atoms with Gasteiger partial charge in [0.1, 0.15) is 29.6 Å². The minimum atomic E-state index is -0.602. The van der Waals surface area contributed by atoms with E-state index in [4.69, 9.17) is 16.3 Å². The number of nitriles is 1. The third kappa shape index (κ3) is 3.90. The van der Waals surface area contributed by atoms with Crippen LogP contribution >= 0.6 is 11.6 Å². The van der Waals surface area contributed by atoms with Gasteiger partial charge in [0.15, 0.2) is 0 Å². The molecule has 1 aromatic heterocycles. The molecule has 1 N–H and O–H groups in total. The van der Waals surface area contributed by atoms with Gasteiger partial charge in [0.05, 0.1) is 22.4 Å². The lowest BCUT2D eigenvalue weighted by molar-refractivity contribution is -0.0231. The SMILES string of the molecule is Cc1cc(N2C[C@H]3C[C@@H](Oc4ccc(F)cc4Cl)[C@H](O)C[C@H]3C2)nc(C)c1C#N. The molecule has 2 fully saturated rings. The average Bonchev–Trinajstić information content (AvgIpc) is 3.06. The molecule has 2 aliphatic rings. The van der Waals surface area contributed by atoms with E-state index < -0.39 is 11.9 Å². The standard InChI is InChI=1S/C22H23ClFN3O2/c1-12-5-22(26-13(2)17(12)9-25)27-10-14-6-19(28)21(7-15(14)11-27)29-20-4-3-16(24)8-18(20)23/h3-5,8,14-15,19,21,28H,6-7,10-11H2,1-2H3/t14-,15+,19+,21+/m0/s1. The largest absolute Gasteiger partial charge is 0.486 e. The van der Waals surface area contributed by atoms with Gasteiger partial charge in [-0.05, 0) is 68.4 Å². The van der Waals surface area contributed by atoms with E-state index >= 15 is 0 Å². The van der Waals surface area contributed by atoms with E-state index in [1.54, 1.807) is 0 Å². The van der Waals surface area contributed by atoms with Crippen molar-refractivity contribution in [2.75, 3.05) is 18.0 Å². The smallest absolute Gasteiger partial charge is 0.138 e. The lowest BCUT2D eigenvalue weighted by atomic mass is 9.78. The van der Waals surface area contributed by atoms with E-state index in [9.17, 15) is 14.8 Å². The fourth-order valence-corrected chi connectivity index (χ4v) is 4.79. The Morgan fingerprint density at radius 3 is 2.62 bits per heavy atom. The van der Waals surface area contributed by atoms with Gasteiger partial charge in [0, 0.05) is 13.1 Å². The van der Waals surface area contributed by atoms with Crippen molar-refractivity contribution in [1.29, 1.82) is 5.26 Å². The number of aryl methyl sites for hydroxylation is 2. The number of rotatable bonds is 3. The summed E-state index contributed by atoms with van der Waals surface area (Å²) < 4.78 is 19.2. The predicted molar refractivity (Wildman–Crippen MR) is 109 cm³/mol. The van der Waals surface area contributed by atoms with Crippen molar-refractivity contribution in [2.45, 2.75) is 38.9 Å². The van der Waals surface area contributed by atoms with E-state index in [-0.39, 0.29) is 11.1 Å². The highest BCUT2D eigenvalue weighted by Crippen LogP contribution is 2.40. The second-order valence-electron chi connectivity index (χ2n) is 8.06. The molecule has 1 saturated heterocycles. The van der Waals surface area contributed by atoms with Crippen LogP contribution in [0.3, 0.4) is 0 Å². The quantitative estimate of drug-likeness (QED) is 0.820. The van der Waals surface area contributed by atoms with Gasteiger partial charge in [-0.3, -0.25) is 0 Å². The molecule has 1 aliphatic heterocycles. The van der Waals surface area contributed by atoms with Gasteiger partial charge in [0.2, 0.25) is 0 Å². The summed E-state index contributed by atoms with van der Waals surface area (Å²) in [6.07, 6.45) is 0.356. The van der Waals surface area contributed by atoms with Crippen molar-refractivity contribution < 1.29 is 14.2 Å². The van der Waals surface area contributed by atoms with Gasteiger partial charge in [-0.1, -0.05) is 11.6 Å². The van der Waals surface area contributed by atoms with Gasteiger partial charge >= 0.3 is 0 Å². The Hall–Kier alpha value is -2.36. The van der Waals surface area contributed by atoms with Gasteiger partial charge in [-0.25, -0.2) is 9.37 Å². The lowest BCUT2D eigenvalue weighted by Gasteiger charge is -2.35. The zero-order chi connectivity index (χ0) is 20.7. The molecule has 1 saturated carbocycles. The molecule has 29 heavy (non-hydrogen) atoms. The number of benzene rings is 1. The number of aromatic nitrogens is 1. The molecule has 2 heterocycles. The zero-order valence-electron chi connectivity index (χ0n) is 16.4. The minimum absolute atomic E-state index is 0.208. The maximum absolute atomic E-state index is 13.3. The van der Waals surface area contributed by atoms with E-state index in [0.29, 0.717) is 36.0 Å². The number of aliphatic hydroxyl groups excluding tert-OH is 1. The molecule has 1 aromatic carbocycles. The Morgan fingerprint density at radius 2 is 1.97 bits per heavy atom. The highest BCUT2D eigenvalue weighted by Gasteiger charge is 2.43. The average molecular weight is 416 g/mol. The number of hydrogen-bond acceptors (Lipinski definition) is 5. The van der Waals surface area contributed by atoms with Gasteiger partial charge in [-0.2, -0.15) is 5.26 Å². The molecular weight excluding hydrogens is 393 g/mol. The fraction of sp³-hybridized carbons (Fsp3) is 0.455. The highest BCUT2D eigenvalue weighted by atomic mass is 35.5. The van der Waals surface area contributed by atoms with Crippen molar-refractivity contribution >= 4 is 17.4 Å². The van der Waals surface area contributed by atoms with Crippen molar-refractivity contribution in [3.63, 3.8) is 0 Å². The summed E-state index contributed by atoms with van der Waals surface area (Å²) in [5.41, 5.74) is 2.30. The molecule has 4 rings (SSSR count). The van der Waals surface area contributed by atoms with Crippen LogP contribution < -0.4 is 9.64 Å². The maximum atomic E-state index is 13.3. The van der Waals surface area contributed by atoms with Crippen LogP contribution in [0, 0.1) is 42.8 Å². The number of hydrogen-bond donors (Lipinski definition) is 1. The molecule has 2 aromatic rings. The fourth-order valence-electron chi connectivity index (χ4n) is 4.58. The monoisotopic (exact) mass is 415 g/mol. The number of ether oxygens (including phenoxy) is 1. The van der Waals surface area contributed by atoms with Crippen LogP contribution in [0.25, 0.3) is 0 Å². The van der Waals surface area contributed by atoms with Crippen LogP contribution in [-0.4, -0.2) is 35.4 Å². The van der Waals surface area contributed by atoms with E-state index in [1.807, 2.05) is 19.9 Å². The molecule has 0 spiro atoms. The van der Waals surface area contributed by atoms with Crippen molar-refractivity contribution in [1.82, 2.24) is 4.98 Å². The van der Waals surface area contributed by atoms with Crippen LogP contribution in [0.5, 0.6) is 5.75 Å². The molecule has 0 unspecified atom stereocenters. The Balaban J connectivity index is 1.48. The molecule has 4 atom stereocenters. The Labute approximate surface area is 174 Å². The number of fused-ring (bicyclic) bond motifs is 1. The molecule has 5 nitrogen and oxygen atoms in total. The summed E-state index contributed by atoms with van der Waals surface area (Å²) in [4.78, 5) is 6.86. The first kappa shape index (κ1) is 19.9. The van der Waals surface area contributed by atoms with E-state index in [0.717, 1.165) is 30.2 Å².